The lowest BCUT2D eigenvalue weighted by molar-refractivity contribution is -0.132. The van der Waals surface area contributed by atoms with Gasteiger partial charge in [-0.15, -0.1) is 0 Å². The lowest BCUT2D eigenvalue weighted by Crippen LogP contribution is -2.29. The van der Waals surface area contributed by atoms with Crippen molar-refractivity contribution >= 4 is 23.1 Å². The molecule has 1 fully saturated rings. The molecule has 3 aromatic rings. The molecule has 1 N–H and O–H groups in total. The number of anilines is 1. The fourth-order valence-electron chi connectivity index (χ4n) is 4.12. The Balaban J connectivity index is 1.98. The number of methoxy groups -OCH3 is 2. The zero-order valence-electron chi connectivity index (χ0n) is 18.2. The van der Waals surface area contributed by atoms with E-state index in [1.165, 1.54) is 25.4 Å². The number of benzene rings is 2. The van der Waals surface area contributed by atoms with Gasteiger partial charge in [-0.3, -0.25) is 14.5 Å². The van der Waals surface area contributed by atoms with E-state index in [-0.39, 0.29) is 11.3 Å². The summed E-state index contributed by atoms with van der Waals surface area (Å²) in [5.74, 6) is -0.606. The lowest BCUT2D eigenvalue weighted by Gasteiger charge is -2.24. The molecule has 32 heavy (non-hydrogen) atoms. The van der Waals surface area contributed by atoms with Gasteiger partial charge in [-0.05, 0) is 55.3 Å². The van der Waals surface area contributed by atoms with E-state index >= 15 is 0 Å². The molecule has 164 valence electrons. The zero-order chi connectivity index (χ0) is 23.0. The molecule has 2 heterocycles. The van der Waals surface area contributed by atoms with Crippen LogP contribution in [0.1, 0.15) is 28.5 Å². The molecular weight excluding hydrogens is 410 g/mol. The minimum atomic E-state index is -0.956. The molecule has 1 aliphatic heterocycles. The molecule has 0 aliphatic carbocycles. The third kappa shape index (κ3) is 3.41. The highest BCUT2D eigenvalue weighted by Gasteiger charge is 2.48. The molecule has 0 radical (unpaired) electrons. The molecule has 0 bridgehead atoms. The van der Waals surface area contributed by atoms with Gasteiger partial charge < -0.3 is 19.0 Å². The number of amides is 1. The summed E-state index contributed by atoms with van der Waals surface area (Å²) in [5, 5.41) is 11.3. The number of furan rings is 1. The second-order valence-corrected chi connectivity index (χ2v) is 7.55. The van der Waals surface area contributed by atoms with Crippen LogP contribution in [0.25, 0.3) is 5.76 Å². The smallest absolute Gasteiger partial charge is 0.300 e. The number of nitrogens with zero attached hydrogens (tertiary/aromatic N) is 1. The van der Waals surface area contributed by atoms with Crippen molar-refractivity contribution in [3.63, 3.8) is 0 Å². The molecule has 1 aliphatic rings. The molecule has 1 unspecified atom stereocenters. The van der Waals surface area contributed by atoms with Gasteiger partial charge in [0.1, 0.15) is 29.1 Å². The van der Waals surface area contributed by atoms with Crippen LogP contribution in [0.2, 0.25) is 0 Å². The van der Waals surface area contributed by atoms with Crippen molar-refractivity contribution < 1.29 is 28.6 Å². The van der Waals surface area contributed by atoms with E-state index in [4.69, 9.17) is 13.9 Å². The summed E-state index contributed by atoms with van der Waals surface area (Å²) in [4.78, 5) is 27.7. The van der Waals surface area contributed by atoms with Gasteiger partial charge in [0.05, 0.1) is 31.6 Å². The van der Waals surface area contributed by atoms with Crippen molar-refractivity contribution in [3.8, 4) is 11.5 Å². The first kappa shape index (κ1) is 21.2. The number of carbonyl (C=O) groups is 2. The van der Waals surface area contributed by atoms with Crippen LogP contribution < -0.4 is 14.4 Å². The largest absolute Gasteiger partial charge is 0.507 e. The van der Waals surface area contributed by atoms with Gasteiger partial charge in [-0.1, -0.05) is 12.1 Å². The van der Waals surface area contributed by atoms with E-state index in [1.807, 2.05) is 19.9 Å². The summed E-state index contributed by atoms with van der Waals surface area (Å²) < 4.78 is 16.4. The highest BCUT2D eigenvalue weighted by atomic mass is 16.5. The van der Waals surface area contributed by atoms with Crippen LogP contribution in [-0.4, -0.2) is 31.0 Å². The Morgan fingerprint density at radius 2 is 1.81 bits per heavy atom. The van der Waals surface area contributed by atoms with E-state index < -0.39 is 17.7 Å². The minimum Gasteiger partial charge on any atom is -0.507 e. The van der Waals surface area contributed by atoms with Gasteiger partial charge in [0.2, 0.25) is 0 Å². The highest BCUT2D eigenvalue weighted by Crippen LogP contribution is 2.44. The molecule has 0 saturated carbocycles. The summed E-state index contributed by atoms with van der Waals surface area (Å²) in [6.07, 6.45) is 1.46. The number of hydrogen-bond donors (Lipinski definition) is 1. The maximum Gasteiger partial charge on any atom is 0.300 e. The topological polar surface area (TPSA) is 89.2 Å². The Bertz CT molecular complexity index is 1230. The van der Waals surface area contributed by atoms with E-state index in [0.29, 0.717) is 28.5 Å². The van der Waals surface area contributed by atoms with Gasteiger partial charge >= 0.3 is 0 Å². The number of ether oxygens (including phenoxy) is 2. The quantitative estimate of drug-likeness (QED) is 0.361. The van der Waals surface area contributed by atoms with Crippen LogP contribution in [0.5, 0.6) is 11.5 Å². The Labute approximate surface area is 185 Å². The fraction of sp³-hybridized carbons (Fsp3) is 0.200. The molecule has 0 spiro atoms. The summed E-state index contributed by atoms with van der Waals surface area (Å²) in [5.41, 5.74) is 2.38. The maximum absolute atomic E-state index is 13.2. The van der Waals surface area contributed by atoms with Gasteiger partial charge in [-0.25, -0.2) is 0 Å². The van der Waals surface area contributed by atoms with Crippen molar-refractivity contribution in [2.24, 2.45) is 0 Å². The van der Waals surface area contributed by atoms with Crippen molar-refractivity contribution in [1.82, 2.24) is 0 Å². The Morgan fingerprint density at radius 1 is 1.03 bits per heavy atom. The maximum atomic E-state index is 13.2. The number of aryl methyl sites for hydroxylation is 2. The molecule has 2 aromatic carbocycles. The molecule has 1 amide bonds. The van der Waals surface area contributed by atoms with Gasteiger partial charge in [-0.2, -0.15) is 0 Å². The molecule has 4 rings (SSSR count). The number of aliphatic hydroxyl groups excluding tert-OH is 1. The van der Waals surface area contributed by atoms with Crippen molar-refractivity contribution in [2.45, 2.75) is 19.9 Å². The van der Waals surface area contributed by atoms with Crippen molar-refractivity contribution in [1.29, 1.82) is 0 Å². The fourth-order valence-corrected chi connectivity index (χ4v) is 4.12. The van der Waals surface area contributed by atoms with Gasteiger partial charge in [0.15, 0.2) is 0 Å². The third-order valence-corrected chi connectivity index (χ3v) is 5.47. The van der Waals surface area contributed by atoms with Crippen LogP contribution in [-0.2, 0) is 9.59 Å². The van der Waals surface area contributed by atoms with Crippen LogP contribution >= 0.6 is 0 Å². The SMILES string of the molecule is COc1cccc(N2C(=O)C(=O)/C(=C(\O)c3cc(C)cc(C)c3OC)C2c2ccco2)c1. The first-order valence-electron chi connectivity index (χ1n) is 10.0. The first-order chi connectivity index (χ1) is 15.4. The Morgan fingerprint density at radius 3 is 2.47 bits per heavy atom. The molecule has 1 aromatic heterocycles. The Hall–Kier alpha value is -4.00. The number of hydrogen-bond acceptors (Lipinski definition) is 6. The van der Waals surface area contributed by atoms with Gasteiger partial charge in [0, 0.05) is 11.8 Å². The zero-order valence-corrected chi connectivity index (χ0v) is 18.2. The molecule has 7 nitrogen and oxygen atoms in total. The predicted molar refractivity (Wildman–Crippen MR) is 119 cm³/mol. The summed E-state index contributed by atoms with van der Waals surface area (Å²) >= 11 is 0. The van der Waals surface area contributed by atoms with E-state index in [9.17, 15) is 14.7 Å². The van der Waals surface area contributed by atoms with Crippen LogP contribution in [0.15, 0.2) is 64.8 Å². The van der Waals surface area contributed by atoms with E-state index in [2.05, 4.69) is 0 Å². The van der Waals surface area contributed by atoms with Crippen LogP contribution in [0.3, 0.4) is 0 Å². The monoisotopic (exact) mass is 433 g/mol. The van der Waals surface area contributed by atoms with E-state index in [1.54, 1.807) is 42.5 Å². The number of Topliss-reactive ketones (excluding diaryl/α,β-unsaturated/α-hetero) is 1. The van der Waals surface area contributed by atoms with Crippen molar-refractivity contribution in [2.75, 3.05) is 19.1 Å². The highest BCUT2D eigenvalue weighted by molar-refractivity contribution is 6.51. The van der Waals surface area contributed by atoms with Crippen LogP contribution in [0, 0.1) is 13.8 Å². The average molecular weight is 433 g/mol. The molecule has 1 saturated heterocycles. The minimum absolute atomic E-state index is 0.0731. The first-order valence-corrected chi connectivity index (χ1v) is 10.0. The normalized spacial score (nSPS) is 17.6. The van der Waals surface area contributed by atoms with Crippen molar-refractivity contribution in [3.05, 3.63) is 82.8 Å². The third-order valence-electron chi connectivity index (χ3n) is 5.47. The summed E-state index contributed by atoms with van der Waals surface area (Å²) in [6, 6.07) is 12.8. The number of carbonyl (C=O) groups excluding carboxylic acids is 2. The average Bonchev–Trinajstić information content (AvgIpc) is 3.40. The standard InChI is InChI=1S/C25H23NO6/c1-14-11-15(2)24(31-4)18(12-14)22(27)20-21(19-9-6-10-32-19)26(25(29)23(20)28)16-7-5-8-17(13-16)30-3/h5-13,21,27H,1-4H3/b22-20-. The second-order valence-electron chi connectivity index (χ2n) is 7.55. The number of ketones is 1. The summed E-state index contributed by atoms with van der Waals surface area (Å²) in [7, 11) is 3.01. The number of aliphatic hydroxyl groups is 1. The van der Waals surface area contributed by atoms with Gasteiger partial charge in [0.25, 0.3) is 11.7 Å². The molecular formula is C25H23NO6. The lowest BCUT2D eigenvalue weighted by atomic mass is 9.96. The van der Waals surface area contributed by atoms with E-state index in [0.717, 1.165) is 11.1 Å². The molecule has 7 heteroatoms. The summed E-state index contributed by atoms with van der Waals surface area (Å²) in [6.45, 7) is 3.73. The Kier molecular flexibility index (Phi) is 5.48. The van der Waals surface area contributed by atoms with Crippen LogP contribution in [0.4, 0.5) is 5.69 Å². The molecule has 1 atom stereocenters. The number of rotatable bonds is 5. The predicted octanol–water partition coefficient (Wildman–Crippen LogP) is 4.54. The second kappa shape index (κ2) is 8.26.